The topological polar surface area (TPSA) is 63.2 Å². The van der Waals surface area contributed by atoms with Crippen LogP contribution in [0.2, 0.25) is 0 Å². The van der Waals surface area contributed by atoms with Crippen LogP contribution in [0.15, 0.2) is 18.3 Å². The van der Waals surface area contributed by atoms with Crippen LogP contribution < -0.4 is 15.4 Å². The van der Waals surface area contributed by atoms with Gasteiger partial charge in [0, 0.05) is 24.7 Å². The third kappa shape index (κ3) is 5.34. The van der Waals surface area contributed by atoms with E-state index in [0.717, 1.165) is 31.5 Å². The first-order chi connectivity index (χ1) is 10.1. The number of nitrogens with one attached hydrogen (secondary N) is 2. The zero-order valence-corrected chi connectivity index (χ0v) is 12.9. The third-order valence-electron chi connectivity index (χ3n) is 3.55. The Morgan fingerprint density at radius 3 is 3.14 bits per heavy atom. The lowest BCUT2D eigenvalue weighted by Crippen LogP contribution is -2.34. The van der Waals surface area contributed by atoms with Gasteiger partial charge in [0.1, 0.15) is 0 Å². The van der Waals surface area contributed by atoms with Crippen LogP contribution in [0.25, 0.3) is 0 Å². The Hall–Kier alpha value is -1.62. The Morgan fingerprint density at radius 2 is 2.43 bits per heavy atom. The molecule has 2 N–H and O–H groups in total. The largest absolute Gasteiger partial charge is 0.475 e. The number of hydrogen-bond donors (Lipinski definition) is 2. The predicted octanol–water partition coefficient (Wildman–Crippen LogP) is 1.87. The predicted molar refractivity (Wildman–Crippen MR) is 82.1 cm³/mol. The molecule has 1 atom stereocenters. The van der Waals surface area contributed by atoms with Crippen molar-refractivity contribution in [2.45, 2.75) is 45.8 Å². The fourth-order valence-corrected chi connectivity index (χ4v) is 2.51. The van der Waals surface area contributed by atoms with Crippen molar-refractivity contribution in [1.82, 2.24) is 15.6 Å². The lowest BCUT2D eigenvalue weighted by molar-refractivity contribution is -0.122. The van der Waals surface area contributed by atoms with Crippen LogP contribution in [0.3, 0.4) is 0 Å². The van der Waals surface area contributed by atoms with Crippen LogP contribution in [0.4, 0.5) is 0 Å². The molecule has 2 rings (SSSR count). The van der Waals surface area contributed by atoms with Crippen molar-refractivity contribution in [3.8, 4) is 5.88 Å². The van der Waals surface area contributed by atoms with Gasteiger partial charge in [0.2, 0.25) is 11.8 Å². The molecule has 116 valence electrons. The van der Waals surface area contributed by atoms with E-state index >= 15 is 0 Å². The highest BCUT2D eigenvalue weighted by atomic mass is 16.5. The van der Waals surface area contributed by atoms with Gasteiger partial charge < -0.3 is 15.4 Å². The minimum atomic E-state index is 0.0719. The van der Waals surface area contributed by atoms with Crippen molar-refractivity contribution in [3.05, 3.63) is 23.9 Å². The molecule has 0 spiro atoms. The number of carbonyl (C=O) groups is 1. The summed E-state index contributed by atoms with van der Waals surface area (Å²) in [4.78, 5) is 16.2. The number of rotatable bonds is 6. The minimum Gasteiger partial charge on any atom is -0.475 e. The summed E-state index contributed by atoms with van der Waals surface area (Å²) in [7, 11) is 0. The Balaban J connectivity index is 1.83. The van der Waals surface area contributed by atoms with Crippen LogP contribution in [0, 0.1) is 5.92 Å². The average Bonchev–Trinajstić information content (AvgIpc) is 2.47. The van der Waals surface area contributed by atoms with Gasteiger partial charge in [-0.3, -0.25) is 4.79 Å². The van der Waals surface area contributed by atoms with Crippen molar-refractivity contribution in [3.63, 3.8) is 0 Å². The molecule has 1 unspecified atom stereocenters. The standard InChI is InChI=1S/C16H25N3O2/c1-12(2)21-16-14(6-4-8-18-16)11-19-15(20)9-13-5-3-7-17-10-13/h4,6,8,12-13,17H,3,5,7,9-11H2,1-2H3,(H,19,20). The molecule has 2 heterocycles. The minimum absolute atomic E-state index is 0.0719. The summed E-state index contributed by atoms with van der Waals surface area (Å²) in [5.74, 6) is 1.16. The maximum Gasteiger partial charge on any atom is 0.220 e. The highest BCUT2D eigenvalue weighted by Gasteiger charge is 2.17. The Kier molecular flexibility index (Phi) is 5.99. The number of aromatic nitrogens is 1. The second-order valence-electron chi connectivity index (χ2n) is 5.83. The van der Waals surface area contributed by atoms with Crippen molar-refractivity contribution >= 4 is 5.91 Å². The number of pyridine rings is 1. The highest BCUT2D eigenvalue weighted by molar-refractivity contribution is 5.76. The van der Waals surface area contributed by atoms with Gasteiger partial charge in [-0.2, -0.15) is 0 Å². The second kappa shape index (κ2) is 7.98. The van der Waals surface area contributed by atoms with Gasteiger partial charge in [-0.15, -0.1) is 0 Å². The zero-order valence-electron chi connectivity index (χ0n) is 12.9. The summed E-state index contributed by atoms with van der Waals surface area (Å²) in [5.41, 5.74) is 0.918. The van der Waals surface area contributed by atoms with E-state index in [1.54, 1.807) is 6.20 Å². The SMILES string of the molecule is CC(C)Oc1ncccc1CNC(=O)CC1CCCNC1. The molecule has 0 aliphatic carbocycles. The van der Waals surface area contributed by atoms with Crippen LogP contribution >= 0.6 is 0 Å². The molecule has 5 nitrogen and oxygen atoms in total. The molecule has 21 heavy (non-hydrogen) atoms. The average molecular weight is 291 g/mol. The van der Waals surface area contributed by atoms with E-state index in [4.69, 9.17) is 4.74 Å². The van der Waals surface area contributed by atoms with E-state index in [1.807, 2.05) is 26.0 Å². The number of nitrogens with zero attached hydrogens (tertiary/aromatic N) is 1. The van der Waals surface area contributed by atoms with Crippen LogP contribution in [0.1, 0.15) is 38.7 Å². The molecule has 1 aromatic rings. The van der Waals surface area contributed by atoms with E-state index < -0.39 is 0 Å². The van der Waals surface area contributed by atoms with Gasteiger partial charge in [0.05, 0.1) is 6.10 Å². The molecular weight excluding hydrogens is 266 g/mol. The summed E-state index contributed by atoms with van der Waals surface area (Å²) in [6, 6.07) is 3.80. The number of ether oxygens (including phenoxy) is 1. The molecule has 0 radical (unpaired) electrons. The smallest absolute Gasteiger partial charge is 0.220 e. The monoisotopic (exact) mass is 291 g/mol. The Labute approximate surface area is 126 Å². The maximum atomic E-state index is 12.0. The number of amides is 1. The third-order valence-corrected chi connectivity index (χ3v) is 3.55. The van der Waals surface area contributed by atoms with Crippen molar-refractivity contribution < 1.29 is 9.53 Å². The van der Waals surface area contributed by atoms with E-state index in [9.17, 15) is 4.79 Å². The van der Waals surface area contributed by atoms with Gasteiger partial charge in [0.15, 0.2) is 0 Å². The van der Waals surface area contributed by atoms with Gasteiger partial charge >= 0.3 is 0 Å². The first-order valence-electron chi connectivity index (χ1n) is 7.73. The molecule has 5 heteroatoms. The number of piperidine rings is 1. The molecule has 0 aromatic carbocycles. The summed E-state index contributed by atoms with van der Waals surface area (Å²) >= 11 is 0. The fraction of sp³-hybridized carbons (Fsp3) is 0.625. The Morgan fingerprint density at radius 1 is 1.57 bits per heavy atom. The van der Waals surface area contributed by atoms with Gasteiger partial charge in [-0.05, 0) is 51.8 Å². The van der Waals surface area contributed by atoms with Gasteiger partial charge in [-0.1, -0.05) is 6.07 Å². The lowest BCUT2D eigenvalue weighted by Gasteiger charge is -2.22. The van der Waals surface area contributed by atoms with Crippen molar-refractivity contribution in [2.24, 2.45) is 5.92 Å². The molecule has 1 aliphatic rings. The molecule has 1 amide bonds. The van der Waals surface area contributed by atoms with Crippen LogP contribution in [-0.2, 0) is 11.3 Å². The van der Waals surface area contributed by atoms with E-state index in [2.05, 4.69) is 15.6 Å². The molecule has 1 aliphatic heterocycles. The van der Waals surface area contributed by atoms with Gasteiger partial charge in [-0.25, -0.2) is 4.98 Å². The summed E-state index contributed by atoms with van der Waals surface area (Å²) in [6.07, 6.45) is 4.66. The van der Waals surface area contributed by atoms with Crippen LogP contribution in [-0.4, -0.2) is 30.1 Å². The summed E-state index contributed by atoms with van der Waals surface area (Å²) < 4.78 is 5.66. The molecule has 1 saturated heterocycles. The molecule has 1 aromatic heterocycles. The normalized spacial score (nSPS) is 18.5. The molecule has 0 saturated carbocycles. The first kappa shape index (κ1) is 15.8. The zero-order chi connectivity index (χ0) is 15.1. The number of hydrogen-bond acceptors (Lipinski definition) is 4. The molecule has 0 bridgehead atoms. The first-order valence-corrected chi connectivity index (χ1v) is 7.73. The van der Waals surface area contributed by atoms with E-state index in [-0.39, 0.29) is 12.0 Å². The molecular formula is C16H25N3O2. The maximum absolute atomic E-state index is 12.0. The van der Waals surface area contributed by atoms with Crippen LogP contribution in [0.5, 0.6) is 5.88 Å². The highest BCUT2D eigenvalue weighted by Crippen LogP contribution is 2.17. The van der Waals surface area contributed by atoms with Crippen molar-refractivity contribution in [1.29, 1.82) is 0 Å². The van der Waals surface area contributed by atoms with E-state index in [0.29, 0.717) is 24.8 Å². The lowest BCUT2D eigenvalue weighted by atomic mass is 9.96. The van der Waals surface area contributed by atoms with Crippen molar-refractivity contribution in [2.75, 3.05) is 13.1 Å². The quantitative estimate of drug-likeness (QED) is 0.840. The summed E-state index contributed by atoms with van der Waals surface area (Å²) in [6.45, 7) is 6.42. The summed E-state index contributed by atoms with van der Waals surface area (Å²) in [5, 5.41) is 6.31. The number of carbonyl (C=O) groups excluding carboxylic acids is 1. The van der Waals surface area contributed by atoms with Gasteiger partial charge in [0.25, 0.3) is 0 Å². The molecule has 1 fully saturated rings. The Bertz CT molecular complexity index is 457. The fourth-order valence-electron chi connectivity index (χ4n) is 2.51. The van der Waals surface area contributed by atoms with E-state index in [1.165, 1.54) is 0 Å². The second-order valence-corrected chi connectivity index (χ2v) is 5.83.